The number of hydrogen-bond acceptors (Lipinski definition) is 13. The van der Waals surface area contributed by atoms with Gasteiger partial charge in [-0.05, 0) is 99.9 Å². The van der Waals surface area contributed by atoms with Crippen molar-refractivity contribution in [1.82, 2.24) is 24.6 Å². The second-order valence-electron chi connectivity index (χ2n) is 18.2. The summed E-state index contributed by atoms with van der Waals surface area (Å²) in [5.41, 5.74) is 2.70. The fourth-order valence-corrected chi connectivity index (χ4v) is 9.71. The van der Waals surface area contributed by atoms with Crippen LogP contribution in [0.25, 0.3) is 10.2 Å². The first-order valence-electron chi connectivity index (χ1n) is 21.5. The Morgan fingerprint density at radius 1 is 1.00 bits per heavy atom. The molecule has 3 aromatic heterocycles. The number of esters is 1. The van der Waals surface area contributed by atoms with Gasteiger partial charge < -0.3 is 23.5 Å². The molecule has 0 aliphatic rings. The Morgan fingerprint density at radius 3 is 2.46 bits per heavy atom. The normalized spacial score (nSPS) is 12.5. The van der Waals surface area contributed by atoms with Gasteiger partial charge in [-0.15, -0.1) is 21.5 Å². The maximum absolute atomic E-state index is 15.1. The smallest absolute Gasteiger partial charge is 0.358 e. The van der Waals surface area contributed by atoms with Crippen molar-refractivity contribution in [1.29, 1.82) is 0 Å². The van der Waals surface area contributed by atoms with E-state index in [2.05, 4.69) is 102 Å². The molecule has 63 heavy (non-hydrogen) atoms. The number of likely N-dealkylation sites (N-methyl/N-ethyl adjacent to an activating group) is 1. The van der Waals surface area contributed by atoms with Crippen molar-refractivity contribution in [3.63, 3.8) is 0 Å². The minimum atomic E-state index is -1.79. The number of anilines is 2. The Morgan fingerprint density at radius 2 is 1.76 bits per heavy atom. The minimum Gasteiger partial charge on any atom is -0.491 e. The fourth-order valence-electron chi connectivity index (χ4n) is 5.84. The van der Waals surface area contributed by atoms with Crippen LogP contribution in [0.3, 0.4) is 0 Å². The van der Waals surface area contributed by atoms with Crippen LogP contribution in [0.4, 0.5) is 21.2 Å². The molecular formula is C46H64FN7O5S2Si2. The van der Waals surface area contributed by atoms with Gasteiger partial charge in [0, 0.05) is 45.3 Å². The van der Waals surface area contributed by atoms with Gasteiger partial charge in [-0.3, -0.25) is 9.47 Å². The molecule has 0 aliphatic carbocycles. The number of aromatic nitrogens is 4. The van der Waals surface area contributed by atoms with E-state index in [1.165, 1.54) is 17.4 Å². The molecule has 2 aromatic carbocycles. The maximum atomic E-state index is 15.1. The first-order valence-corrected chi connectivity index (χ1v) is 29.7. The van der Waals surface area contributed by atoms with Gasteiger partial charge in [0.1, 0.15) is 6.73 Å². The minimum absolute atomic E-state index is 0.146. The molecule has 0 N–H and O–H groups in total. The summed E-state index contributed by atoms with van der Waals surface area (Å²) in [5, 5.41) is 9.77. The SMILES string of the molecule is CCOC(=O)c1nc(N(C)c2cc(C)c(N=c3sc4ccccc4n3COCC[Si](C)(C)C)nn2)sc1CCCOc1ccc(C#CCN(C)CCO[Si](C)(C)C(C)(C)C)cc1F. The predicted molar refractivity (Wildman–Crippen MR) is 260 cm³/mol. The molecule has 0 spiro atoms. The number of thiazole rings is 2. The monoisotopic (exact) mass is 933 g/mol. The number of benzene rings is 2. The molecule has 17 heteroatoms. The molecule has 3 heterocycles. The number of fused-ring (bicyclic) bond motifs is 1. The summed E-state index contributed by atoms with van der Waals surface area (Å²) in [7, 11) is 0.815. The van der Waals surface area contributed by atoms with Crippen LogP contribution in [0.15, 0.2) is 53.5 Å². The molecule has 0 unspecified atom stereocenters. The highest BCUT2D eigenvalue weighted by Gasteiger charge is 2.37. The van der Waals surface area contributed by atoms with Crippen molar-refractivity contribution in [2.24, 2.45) is 4.99 Å². The predicted octanol–water partition coefficient (Wildman–Crippen LogP) is 10.2. The zero-order valence-corrected chi connectivity index (χ0v) is 42.7. The summed E-state index contributed by atoms with van der Waals surface area (Å²) in [6.07, 6.45) is 0.985. The van der Waals surface area contributed by atoms with Crippen LogP contribution in [-0.4, -0.2) is 101 Å². The van der Waals surface area contributed by atoms with E-state index in [1.807, 2.05) is 39.2 Å². The third kappa shape index (κ3) is 14.1. The lowest BCUT2D eigenvalue weighted by atomic mass is 10.2. The van der Waals surface area contributed by atoms with Gasteiger partial charge in [0.2, 0.25) is 0 Å². The van der Waals surface area contributed by atoms with Gasteiger partial charge in [0.05, 0.1) is 30.0 Å². The highest BCUT2D eigenvalue weighted by molar-refractivity contribution is 7.16. The first kappa shape index (κ1) is 49.7. The van der Waals surface area contributed by atoms with Gasteiger partial charge in [-0.1, -0.05) is 75.7 Å². The van der Waals surface area contributed by atoms with Crippen LogP contribution < -0.4 is 14.4 Å². The van der Waals surface area contributed by atoms with Crippen LogP contribution in [-0.2, 0) is 27.1 Å². The molecule has 0 radical (unpaired) electrons. The van der Waals surface area contributed by atoms with E-state index in [0.717, 1.165) is 38.0 Å². The third-order valence-corrected chi connectivity index (χ3v) is 19.3. The molecule has 340 valence electrons. The number of ether oxygens (including phenoxy) is 3. The molecule has 0 saturated heterocycles. The Kier molecular flexibility index (Phi) is 17.4. The lowest BCUT2D eigenvalue weighted by Gasteiger charge is -2.36. The van der Waals surface area contributed by atoms with Gasteiger partial charge in [-0.2, -0.15) is 4.99 Å². The number of hydrogen-bond donors (Lipinski definition) is 0. The fraction of sp³-hybridized carbons (Fsp3) is 0.500. The van der Waals surface area contributed by atoms with Crippen LogP contribution >= 0.6 is 22.7 Å². The summed E-state index contributed by atoms with van der Waals surface area (Å²) >= 11 is 2.95. The molecule has 0 saturated carbocycles. The Bertz CT molecular complexity index is 2460. The molecule has 5 rings (SSSR count). The topological polar surface area (TPSA) is 116 Å². The third-order valence-electron chi connectivity index (χ3n) is 10.8. The van der Waals surface area contributed by atoms with Crippen molar-refractivity contribution in [2.45, 2.75) is 98.0 Å². The Hall–Kier alpha value is -4.29. The van der Waals surface area contributed by atoms with Crippen molar-refractivity contribution >= 4 is 72.0 Å². The van der Waals surface area contributed by atoms with E-state index in [1.54, 1.807) is 35.3 Å². The first-order chi connectivity index (χ1) is 29.8. The zero-order chi connectivity index (χ0) is 46.0. The number of para-hydroxylation sites is 1. The van der Waals surface area contributed by atoms with Crippen molar-refractivity contribution in [3.8, 4) is 17.6 Å². The molecule has 0 bridgehead atoms. The Balaban J connectivity index is 1.20. The summed E-state index contributed by atoms with van der Waals surface area (Å²) in [6.45, 7) is 25.4. The van der Waals surface area contributed by atoms with Crippen LogP contribution in [0, 0.1) is 24.6 Å². The Labute approximate surface area is 382 Å². The number of carbonyl (C=O) groups is 1. The number of halogens is 1. The van der Waals surface area contributed by atoms with Crippen molar-refractivity contribution < 1.29 is 27.8 Å². The zero-order valence-electron chi connectivity index (χ0n) is 39.1. The maximum Gasteiger partial charge on any atom is 0.358 e. The van der Waals surface area contributed by atoms with Crippen LogP contribution in [0.2, 0.25) is 43.8 Å². The van der Waals surface area contributed by atoms with Crippen molar-refractivity contribution in [3.05, 3.63) is 80.8 Å². The van der Waals surface area contributed by atoms with Crippen molar-refractivity contribution in [2.75, 3.05) is 58.5 Å². The summed E-state index contributed by atoms with van der Waals surface area (Å²) in [6, 6.07) is 15.9. The molecule has 5 aromatic rings. The van der Waals surface area contributed by atoms with E-state index < -0.39 is 28.2 Å². The van der Waals surface area contributed by atoms with E-state index in [0.29, 0.717) is 61.7 Å². The van der Waals surface area contributed by atoms with E-state index in [9.17, 15) is 4.79 Å². The lowest BCUT2D eigenvalue weighted by molar-refractivity contribution is 0.0519. The van der Waals surface area contributed by atoms with Crippen LogP contribution in [0.5, 0.6) is 5.75 Å². The lowest BCUT2D eigenvalue weighted by Crippen LogP contribution is -2.42. The summed E-state index contributed by atoms with van der Waals surface area (Å²) in [5.74, 6) is 6.40. The second kappa shape index (κ2) is 22.1. The van der Waals surface area contributed by atoms with E-state index in [4.69, 9.17) is 23.6 Å². The second-order valence-corrected chi connectivity index (χ2v) is 30.7. The summed E-state index contributed by atoms with van der Waals surface area (Å²) < 4.78 is 41.9. The highest BCUT2D eigenvalue weighted by Crippen LogP contribution is 2.36. The molecule has 12 nitrogen and oxygen atoms in total. The molecule has 0 fully saturated rings. The molecule has 0 atom stereocenters. The number of aryl methyl sites for hydroxylation is 2. The standard InChI is InChI=1S/C46H64FN7O5S2Si2/c1-13-57-43(55)41-39(21-17-26-58-37-23-22-34(31-35(37)47)18-16-24-52(6)25-27-59-63(11,12)46(3,4)5)61-44(48-41)53(7)40-30-33(2)42(51-50-40)49-45-54(32-56-28-29-62(8,9)10)36-19-14-15-20-38(36)60-45/h14-15,19-20,22-23,30-31H,13,17,21,24-29,32H2,1-12H3. The van der Waals surface area contributed by atoms with Gasteiger partial charge in [-0.25, -0.2) is 14.2 Å². The van der Waals surface area contributed by atoms with Crippen LogP contribution in [0.1, 0.15) is 60.6 Å². The molecular weight excluding hydrogens is 870 g/mol. The number of nitrogens with zero attached hydrogens (tertiary/aromatic N) is 7. The van der Waals surface area contributed by atoms with Gasteiger partial charge >= 0.3 is 5.97 Å². The van der Waals surface area contributed by atoms with E-state index in [-0.39, 0.29) is 29.7 Å². The average molecular weight is 934 g/mol. The van der Waals surface area contributed by atoms with E-state index >= 15 is 4.39 Å². The average Bonchev–Trinajstić information content (AvgIpc) is 3.80. The number of carbonyl (C=O) groups excluding carboxylic acids is 1. The summed E-state index contributed by atoms with van der Waals surface area (Å²) in [4.78, 5) is 28.1. The largest absolute Gasteiger partial charge is 0.491 e. The van der Waals surface area contributed by atoms with Gasteiger partial charge in [0.25, 0.3) is 0 Å². The van der Waals surface area contributed by atoms with Gasteiger partial charge in [0.15, 0.2) is 47.1 Å². The highest BCUT2D eigenvalue weighted by atomic mass is 32.1. The quantitative estimate of drug-likeness (QED) is 0.0323. The number of rotatable bonds is 20. The molecule has 0 amide bonds. The molecule has 0 aliphatic heterocycles.